The van der Waals surface area contributed by atoms with Crippen molar-refractivity contribution in [1.82, 2.24) is 4.31 Å². The molecule has 0 aliphatic carbocycles. The van der Waals surface area contributed by atoms with Crippen LogP contribution in [0.25, 0.3) is 0 Å². The SMILES string of the molecule is CCCC[C@@H]1C=C[C@@H](OC(=O)[C@H](OC)c2ccccc2)CN1S(=O)(=O)c1ccc(C)cc1. The molecule has 0 saturated heterocycles. The number of methoxy groups -OCH3 is 1. The molecule has 0 radical (unpaired) electrons. The molecule has 3 atom stereocenters. The average molecular weight is 458 g/mol. The molecular weight excluding hydrogens is 426 g/mol. The van der Waals surface area contributed by atoms with Gasteiger partial charge in [0, 0.05) is 13.2 Å². The standard InChI is InChI=1S/C25H31NO5S/c1-4-5-11-21-14-15-22(31-25(27)24(30-3)20-9-7-6-8-10-20)18-26(21)32(28,29)23-16-12-19(2)13-17-23/h6-10,12-17,21-22,24H,4-5,11,18H2,1-3H3/t21-,22-,24-/m1/s1. The maximum atomic E-state index is 13.4. The lowest BCUT2D eigenvalue weighted by atomic mass is 10.1. The van der Waals surface area contributed by atoms with Crippen LogP contribution in [0.15, 0.2) is 71.6 Å². The zero-order valence-corrected chi connectivity index (χ0v) is 19.6. The van der Waals surface area contributed by atoms with E-state index in [1.807, 2.05) is 31.2 Å². The molecule has 2 aromatic rings. The zero-order chi connectivity index (χ0) is 23.1. The van der Waals surface area contributed by atoms with Crippen LogP contribution in [-0.2, 0) is 24.3 Å². The van der Waals surface area contributed by atoms with Gasteiger partial charge in [0.15, 0.2) is 6.10 Å². The van der Waals surface area contributed by atoms with Gasteiger partial charge in [0.25, 0.3) is 0 Å². The summed E-state index contributed by atoms with van der Waals surface area (Å²) in [5.41, 5.74) is 1.67. The molecule has 3 rings (SSSR count). The summed E-state index contributed by atoms with van der Waals surface area (Å²) in [5, 5.41) is 0. The largest absolute Gasteiger partial charge is 0.455 e. The van der Waals surface area contributed by atoms with E-state index in [-0.39, 0.29) is 17.5 Å². The molecule has 0 aromatic heterocycles. The van der Waals surface area contributed by atoms with Crippen molar-refractivity contribution in [1.29, 1.82) is 0 Å². The summed E-state index contributed by atoms with van der Waals surface area (Å²) >= 11 is 0. The van der Waals surface area contributed by atoms with E-state index >= 15 is 0 Å². The first-order valence-corrected chi connectivity index (χ1v) is 12.4. The monoisotopic (exact) mass is 457 g/mol. The van der Waals surface area contributed by atoms with Crippen LogP contribution in [-0.4, -0.2) is 44.5 Å². The Morgan fingerprint density at radius 3 is 2.41 bits per heavy atom. The molecule has 1 aliphatic heterocycles. The molecule has 0 unspecified atom stereocenters. The van der Waals surface area contributed by atoms with Crippen LogP contribution >= 0.6 is 0 Å². The molecular formula is C25H31NO5S. The highest BCUT2D eigenvalue weighted by Crippen LogP contribution is 2.27. The van der Waals surface area contributed by atoms with E-state index in [4.69, 9.17) is 9.47 Å². The zero-order valence-electron chi connectivity index (χ0n) is 18.8. The van der Waals surface area contributed by atoms with Crippen molar-refractivity contribution in [2.45, 2.75) is 56.3 Å². The molecule has 0 fully saturated rings. The topological polar surface area (TPSA) is 72.9 Å². The van der Waals surface area contributed by atoms with Crippen molar-refractivity contribution in [3.8, 4) is 0 Å². The number of sulfonamides is 1. The summed E-state index contributed by atoms with van der Waals surface area (Å²) < 4.78 is 39.4. The van der Waals surface area contributed by atoms with Gasteiger partial charge in [-0.2, -0.15) is 4.31 Å². The third-order valence-corrected chi connectivity index (χ3v) is 7.48. The summed E-state index contributed by atoms with van der Waals surface area (Å²) in [6, 6.07) is 15.6. The molecule has 172 valence electrons. The molecule has 0 spiro atoms. The number of esters is 1. The third kappa shape index (κ3) is 5.65. The number of rotatable bonds is 9. The minimum Gasteiger partial charge on any atom is -0.455 e. The van der Waals surface area contributed by atoms with Gasteiger partial charge in [0.2, 0.25) is 10.0 Å². The third-order valence-electron chi connectivity index (χ3n) is 5.58. The molecule has 0 bridgehead atoms. The smallest absolute Gasteiger partial charge is 0.340 e. The Bertz CT molecular complexity index is 1020. The highest BCUT2D eigenvalue weighted by molar-refractivity contribution is 7.89. The Labute approximate surface area is 190 Å². The second kappa shape index (κ2) is 10.9. The first-order valence-electron chi connectivity index (χ1n) is 10.9. The van der Waals surface area contributed by atoms with Crippen molar-refractivity contribution in [2.24, 2.45) is 0 Å². The average Bonchev–Trinajstić information content (AvgIpc) is 2.79. The lowest BCUT2D eigenvalue weighted by molar-refractivity contribution is -0.160. The first-order chi connectivity index (χ1) is 15.4. The number of aryl methyl sites for hydroxylation is 1. The van der Waals surface area contributed by atoms with E-state index < -0.39 is 28.2 Å². The predicted octanol–water partition coefficient (Wildman–Crippen LogP) is 4.41. The maximum absolute atomic E-state index is 13.4. The number of unbranched alkanes of at least 4 members (excludes halogenated alkanes) is 1. The van der Waals surface area contributed by atoms with Crippen molar-refractivity contribution in [2.75, 3.05) is 13.7 Å². The fourth-order valence-corrected chi connectivity index (χ4v) is 5.41. The second-order valence-electron chi connectivity index (χ2n) is 7.98. The summed E-state index contributed by atoms with van der Waals surface area (Å²) in [4.78, 5) is 13.1. The van der Waals surface area contributed by atoms with Gasteiger partial charge < -0.3 is 9.47 Å². The Balaban J connectivity index is 1.82. The van der Waals surface area contributed by atoms with Gasteiger partial charge in [-0.1, -0.05) is 73.9 Å². The van der Waals surface area contributed by atoms with Crippen LogP contribution < -0.4 is 0 Å². The van der Waals surface area contributed by atoms with E-state index in [0.717, 1.165) is 18.4 Å². The number of benzene rings is 2. The Hall–Kier alpha value is -2.48. The number of hydrogen-bond donors (Lipinski definition) is 0. The molecule has 0 N–H and O–H groups in total. The van der Waals surface area contributed by atoms with Crippen LogP contribution in [0.1, 0.15) is 43.4 Å². The van der Waals surface area contributed by atoms with Crippen molar-refractivity contribution in [3.63, 3.8) is 0 Å². The van der Waals surface area contributed by atoms with Crippen molar-refractivity contribution < 1.29 is 22.7 Å². The first kappa shape index (κ1) is 24.2. The van der Waals surface area contributed by atoms with Crippen molar-refractivity contribution in [3.05, 3.63) is 77.9 Å². The number of nitrogens with zero attached hydrogens (tertiary/aromatic N) is 1. The van der Waals surface area contributed by atoms with Gasteiger partial charge >= 0.3 is 5.97 Å². The molecule has 2 aromatic carbocycles. The summed E-state index contributed by atoms with van der Waals surface area (Å²) in [6.07, 6.45) is 4.65. The van der Waals surface area contributed by atoms with E-state index in [1.54, 1.807) is 42.5 Å². The fraction of sp³-hybridized carbons (Fsp3) is 0.400. The van der Waals surface area contributed by atoms with Crippen LogP contribution in [0, 0.1) is 6.92 Å². The van der Waals surface area contributed by atoms with Crippen LogP contribution in [0.3, 0.4) is 0 Å². The minimum absolute atomic E-state index is 0.0675. The molecule has 6 nitrogen and oxygen atoms in total. The molecule has 0 saturated carbocycles. The normalized spacial score (nSPS) is 20.1. The van der Waals surface area contributed by atoms with Crippen LogP contribution in [0.5, 0.6) is 0 Å². The van der Waals surface area contributed by atoms with E-state index in [0.29, 0.717) is 12.0 Å². The van der Waals surface area contributed by atoms with Crippen molar-refractivity contribution >= 4 is 16.0 Å². The molecule has 0 amide bonds. The quantitative estimate of drug-likeness (QED) is 0.412. The fourth-order valence-electron chi connectivity index (χ4n) is 3.78. The van der Waals surface area contributed by atoms with E-state index in [2.05, 4.69) is 6.92 Å². The van der Waals surface area contributed by atoms with Gasteiger partial charge in [-0.15, -0.1) is 0 Å². The molecule has 32 heavy (non-hydrogen) atoms. The van der Waals surface area contributed by atoms with Gasteiger partial charge in [-0.3, -0.25) is 0 Å². The second-order valence-corrected chi connectivity index (χ2v) is 9.87. The summed E-state index contributed by atoms with van der Waals surface area (Å²) in [5.74, 6) is -0.548. The molecule has 1 heterocycles. The van der Waals surface area contributed by atoms with Gasteiger partial charge in [-0.25, -0.2) is 13.2 Å². The van der Waals surface area contributed by atoms with E-state index in [1.165, 1.54) is 11.4 Å². The minimum atomic E-state index is -3.75. The lowest BCUT2D eigenvalue weighted by Crippen LogP contribution is -2.47. The number of ether oxygens (including phenoxy) is 2. The van der Waals surface area contributed by atoms with Gasteiger partial charge in [0.05, 0.1) is 11.4 Å². The number of hydrogen-bond acceptors (Lipinski definition) is 5. The summed E-state index contributed by atoms with van der Waals surface area (Å²) in [6.45, 7) is 4.06. The number of carbonyl (C=O) groups excluding carboxylic acids is 1. The van der Waals surface area contributed by atoms with Gasteiger partial charge in [-0.05, 0) is 37.1 Å². The lowest BCUT2D eigenvalue weighted by Gasteiger charge is -2.35. The van der Waals surface area contributed by atoms with Crippen LogP contribution in [0.4, 0.5) is 0 Å². The molecule has 7 heteroatoms. The maximum Gasteiger partial charge on any atom is 0.340 e. The Morgan fingerprint density at radius 2 is 1.78 bits per heavy atom. The Morgan fingerprint density at radius 1 is 1.09 bits per heavy atom. The predicted molar refractivity (Wildman–Crippen MR) is 124 cm³/mol. The molecule has 1 aliphatic rings. The Kier molecular flexibility index (Phi) is 8.23. The highest BCUT2D eigenvalue weighted by Gasteiger charge is 2.36. The summed E-state index contributed by atoms with van der Waals surface area (Å²) in [7, 11) is -2.30. The van der Waals surface area contributed by atoms with E-state index in [9.17, 15) is 13.2 Å². The van der Waals surface area contributed by atoms with Crippen LogP contribution in [0.2, 0.25) is 0 Å². The highest BCUT2D eigenvalue weighted by atomic mass is 32.2. The van der Waals surface area contributed by atoms with Gasteiger partial charge in [0.1, 0.15) is 6.10 Å². The number of carbonyl (C=O) groups is 1.